The van der Waals surface area contributed by atoms with Crippen molar-refractivity contribution in [3.63, 3.8) is 0 Å². The van der Waals surface area contributed by atoms with Crippen LogP contribution in [0, 0.1) is 11.8 Å². The first-order valence-corrected chi connectivity index (χ1v) is 4.59. The van der Waals surface area contributed by atoms with Gasteiger partial charge in [-0.15, -0.1) is 0 Å². The van der Waals surface area contributed by atoms with Gasteiger partial charge in [-0.05, 0) is 31.2 Å². The number of hydrogen-bond acceptors (Lipinski definition) is 1. The minimum absolute atomic E-state index is 0.746. The second-order valence-corrected chi connectivity index (χ2v) is 2.89. The highest BCUT2D eigenvalue weighted by atomic mass is 14.8. The number of aryl methyl sites for hydroxylation is 1. The Bertz CT molecular complexity index is 317. The summed E-state index contributed by atoms with van der Waals surface area (Å²) in [6.07, 6.45) is 1.07. The Morgan fingerprint density at radius 1 is 1.38 bits per heavy atom. The van der Waals surface area contributed by atoms with Crippen LogP contribution in [-0.4, -0.2) is 13.6 Å². The Hall–Kier alpha value is -1.26. The predicted molar refractivity (Wildman–Crippen MR) is 56.6 cm³/mol. The van der Waals surface area contributed by atoms with Gasteiger partial charge < -0.3 is 5.32 Å². The summed E-state index contributed by atoms with van der Waals surface area (Å²) in [5.41, 5.74) is 2.45. The lowest BCUT2D eigenvalue weighted by Gasteiger charge is -1.95. The molecule has 1 aromatic rings. The van der Waals surface area contributed by atoms with E-state index in [2.05, 4.69) is 42.3 Å². The molecule has 68 valence electrons. The molecule has 0 saturated heterocycles. The van der Waals surface area contributed by atoms with Crippen LogP contribution in [0.3, 0.4) is 0 Å². The molecule has 0 spiro atoms. The Morgan fingerprint density at radius 3 is 2.92 bits per heavy atom. The number of benzene rings is 1. The normalized spacial score (nSPS) is 9.08. The van der Waals surface area contributed by atoms with E-state index >= 15 is 0 Å². The van der Waals surface area contributed by atoms with Crippen LogP contribution in [-0.2, 0) is 6.42 Å². The van der Waals surface area contributed by atoms with Crippen molar-refractivity contribution >= 4 is 0 Å². The van der Waals surface area contributed by atoms with Crippen molar-refractivity contribution in [2.45, 2.75) is 13.3 Å². The van der Waals surface area contributed by atoms with Gasteiger partial charge >= 0.3 is 0 Å². The molecule has 0 fully saturated rings. The highest BCUT2D eigenvalue weighted by Crippen LogP contribution is 2.03. The maximum absolute atomic E-state index is 3.11. The molecule has 1 N–H and O–H groups in total. The van der Waals surface area contributed by atoms with Gasteiger partial charge in [0.05, 0.1) is 6.54 Å². The van der Waals surface area contributed by atoms with Crippen LogP contribution in [0.1, 0.15) is 18.1 Å². The van der Waals surface area contributed by atoms with Crippen molar-refractivity contribution in [3.05, 3.63) is 35.4 Å². The van der Waals surface area contributed by atoms with Crippen molar-refractivity contribution in [3.8, 4) is 11.8 Å². The molecule has 0 aliphatic heterocycles. The maximum Gasteiger partial charge on any atom is 0.0577 e. The minimum atomic E-state index is 0.746. The fraction of sp³-hybridized carbons (Fsp3) is 0.333. The summed E-state index contributed by atoms with van der Waals surface area (Å²) in [7, 11) is 1.90. The summed E-state index contributed by atoms with van der Waals surface area (Å²) in [6, 6.07) is 8.37. The molecular formula is C12H15N. The molecule has 0 unspecified atom stereocenters. The quantitative estimate of drug-likeness (QED) is 0.673. The summed E-state index contributed by atoms with van der Waals surface area (Å²) in [6.45, 7) is 2.90. The Morgan fingerprint density at radius 2 is 2.23 bits per heavy atom. The standard InChI is InChI=1S/C12H15N/c1-3-11-6-4-7-12(10-11)8-5-9-13-2/h4,6-7,10,13H,3,9H2,1-2H3. The largest absolute Gasteiger partial charge is 0.309 e. The van der Waals surface area contributed by atoms with Gasteiger partial charge in [0.15, 0.2) is 0 Å². The van der Waals surface area contributed by atoms with Gasteiger partial charge in [-0.3, -0.25) is 0 Å². The average Bonchev–Trinajstić information content (AvgIpc) is 2.19. The third-order valence-corrected chi connectivity index (χ3v) is 1.83. The van der Waals surface area contributed by atoms with Gasteiger partial charge in [-0.2, -0.15) is 0 Å². The second-order valence-electron chi connectivity index (χ2n) is 2.89. The molecule has 1 nitrogen and oxygen atoms in total. The van der Waals surface area contributed by atoms with Crippen molar-refractivity contribution in [1.82, 2.24) is 5.32 Å². The van der Waals surface area contributed by atoms with Crippen LogP contribution in [0.5, 0.6) is 0 Å². The highest BCUT2D eigenvalue weighted by molar-refractivity contribution is 5.37. The summed E-state index contributed by atoms with van der Waals surface area (Å²) < 4.78 is 0. The molecule has 13 heavy (non-hydrogen) atoms. The SMILES string of the molecule is CCc1cccc(C#CCNC)c1. The van der Waals surface area contributed by atoms with Gasteiger partial charge in [0.25, 0.3) is 0 Å². The number of rotatable bonds is 2. The maximum atomic E-state index is 3.11. The first kappa shape index (κ1) is 9.83. The van der Waals surface area contributed by atoms with E-state index in [1.807, 2.05) is 13.1 Å². The molecule has 1 aromatic carbocycles. The summed E-state index contributed by atoms with van der Waals surface area (Å²) in [4.78, 5) is 0. The third kappa shape index (κ3) is 3.31. The first-order chi connectivity index (χ1) is 6.36. The van der Waals surface area contributed by atoms with Crippen LogP contribution < -0.4 is 5.32 Å². The van der Waals surface area contributed by atoms with E-state index in [0.29, 0.717) is 0 Å². The van der Waals surface area contributed by atoms with E-state index in [-0.39, 0.29) is 0 Å². The van der Waals surface area contributed by atoms with Gasteiger partial charge in [-0.1, -0.05) is 30.9 Å². The molecule has 0 aliphatic carbocycles. The molecule has 1 heteroatoms. The second kappa shape index (κ2) is 5.40. The van der Waals surface area contributed by atoms with E-state index in [1.54, 1.807) is 0 Å². The Labute approximate surface area is 80.2 Å². The van der Waals surface area contributed by atoms with Gasteiger partial charge in [0.2, 0.25) is 0 Å². The van der Waals surface area contributed by atoms with Crippen LogP contribution in [0.4, 0.5) is 0 Å². The summed E-state index contributed by atoms with van der Waals surface area (Å²) in [5.74, 6) is 6.15. The molecule has 0 amide bonds. The van der Waals surface area contributed by atoms with E-state index in [9.17, 15) is 0 Å². The lowest BCUT2D eigenvalue weighted by Crippen LogP contribution is -2.04. The summed E-state index contributed by atoms with van der Waals surface area (Å²) >= 11 is 0. The fourth-order valence-electron chi connectivity index (χ4n) is 1.10. The average molecular weight is 173 g/mol. The zero-order chi connectivity index (χ0) is 9.52. The van der Waals surface area contributed by atoms with Crippen molar-refractivity contribution in [2.75, 3.05) is 13.6 Å². The van der Waals surface area contributed by atoms with Gasteiger partial charge in [0.1, 0.15) is 0 Å². The zero-order valence-electron chi connectivity index (χ0n) is 8.22. The molecule has 1 rings (SSSR count). The minimum Gasteiger partial charge on any atom is -0.309 e. The number of nitrogens with one attached hydrogen (secondary N) is 1. The Kier molecular flexibility index (Phi) is 4.08. The monoisotopic (exact) mass is 173 g/mol. The van der Waals surface area contributed by atoms with Crippen LogP contribution in [0.2, 0.25) is 0 Å². The molecule has 0 radical (unpaired) electrons. The lowest BCUT2D eigenvalue weighted by molar-refractivity contribution is 0.938. The van der Waals surface area contributed by atoms with E-state index < -0.39 is 0 Å². The van der Waals surface area contributed by atoms with E-state index in [0.717, 1.165) is 18.5 Å². The molecular weight excluding hydrogens is 158 g/mol. The third-order valence-electron chi connectivity index (χ3n) is 1.83. The molecule has 0 atom stereocenters. The molecule has 0 heterocycles. The Balaban J connectivity index is 2.73. The van der Waals surface area contributed by atoms with E-state index in [4.69, 9.17) is 0 Å². The molecule has 0 saturated carbocycles. The topological polar surface area (TPSA) is 12.0 Å². The van der Waals surface area contributed by atoms with Crippen molar-refractivity contribution in [2.24, 2.45) is 0 Å². The molecule has 0 bridgehead atoms. The number of hydrogen-bond donors (Lipinski definition) is 1. The van der Waals surface area contributed by atoms with E-state index in [1.165, 1.54) is 5.56 Å². The van der Waals surface area contributed by atoms with Crippen LogP contribution in [0.15, 0.2) is 24.3 Å². The van der Waals surface area contributed by atoms with Crippen LogP contribution >= 0.6 is 0 Å². The molecule has 0 aromatic heterocycles. The molecule has 0 aliphatic rings. The van der Waals surface area contributed by atoms with Crippen LogP contribution in [0.25, 0.3) is 0 Å². The fourth-order valence-corrected chi connectivity index (χ4v) is 1.10. The first-order valence-electron chi connectivity index (χ1n) is 4.59. The van der Waals surface area contributed by atoms with Gasteiger partial charge in [0, 0.05) is 5.56 Å². The van der Waals surface area contributed by atoms with Gasteiger partial charge in [-0.25, -0.2) is 0 Å². The summed E-state index contributed by atoms with van der Waals surface area (Å²) in [5, 5.41) is 2.99. The smallest absolute Gasteiger partial charge is 0.0577 e. The highest BCUT2D eigenvalue weighted by Gasteiger charge is 1.89. The lowest BCUT2D eigenvalue weighted by atomic mass is 10.1. The predicted octanol–water partition coefficient (Wildman–Crippen LogP) is 1.82. The zero-order valence-corrected chi connectivity index (χ0v) is 8.22. The van der Waals surface area contributed by atoms with Crippen molar-refractivity contribution < 1.29 is 0 Å². The van der Waals surface area contributed by atoms with Crippen molar-refractivity contribution in [1.29, 1.82) is 0 Å².